The molecule has 2 aromatic carbocycles. The topological polar surface area (TPSA) is 61.9 Å². The quantitative estimate of drug-likeness (QED) is 0.832. The summed E-state index contributed by atoms with van der Waals surface area (Å²) in [5.41, 5.74) is 3.20. The van der Waals surface area contributed by atoms with Crippen LogP contribution in [-0.4, -0.2) is 56.5 Å². The van der Waals surface area contributed by atoms with E-state index in [1.54, 1.807) is 7.11 Å². The molecule has 6 heteroatoms. The Morgan fingerprint density at radius 1 is 1.04 bits per heavy atom. The maximum atomic E-state index is 12.4. The van der Waals surface area contributed by atoms with Crippen LogP contribution in [-0.2, 0) is 16.0 Å². The van der Waals surface area contributed by atoms with Gasteiger partial charge in [-0.05, 0) is 36.8 Å². The van der Waals surface area contributed by atoms with Gasteiger partial charge in [-0.3, -0.25) is 9.59 Å². The van der Waals surface area contributed by atoms with E-state index in [4.69, 9.17) is 4.74 Å². The van der Waals surface area contributed by atoms with Crippen molar-refractivity contribution in [2.45, 2.75) is 13.3 Å². The zero-order valence-electron chi connectivity index (χ0n) is 16.5. The lowest BCUT2D eigenvalue weighted by molar-refractivity contribution is -0.133. The number of nitrogens with one attached hydrogen (secondary N) is 1. The van der Waals surface area contributed by atoms with Gasteiger partial charge in [0.05, 0.1) is 20.1 Å². The van der Waals surface area contributed by atoms with Crippen molar-refractivity contribution in [1.82, 2.24) is 10.2 Å². The molecule has 0 bridgehead atoms. The highest BCUT2D eigenvalue weighted by molar-refractivity contribution is 5.85. The first-order chi connectivity index (χ1) is 13.5. The molecule has 3 rings (SSSR count). The number of carbonyl (C=O) groups excluding carboxylic acids is 2. The smallest absolute Gasteiger partial charge is 0.242 e. The number of ether oxygens (including phenoxy) is 1. The van der Waals surface area contributed by atoms with Crippen molar-refractivity contribution in [3.63, 3.8) is 0 Å². The van der Waals surface area contributed by atoms with E-state index in [0.29, 0.717) is 19.5 Å². The molecular weight excluding hydrogens is 354 g/mol. The van der Waals surface area contributed by atoms with Crippen LogP contribution >= 0.6 is 0 Å². The third kappa shape index (κ3) is 5.25. The number of aryl methyl sites for hydroxylation is 1. The second-order valence-corrected chi connectivity index (χ2v) is 7.01. The van der Waals surface area contributed by atoms with Gasteiger partial charge < -0.3 is 19.9 Å². The summed E-state index contributed by atoms with van der Waals surface area (Å²) in [6, 6.07) is 15.8. The van der Waals surface area contributed by atoms with Crippen molar-refractivity contribution in [1.29, 1.82) is 0 Å². The summed E-state index contributed by atoms with van der Waals surface area (Å²) in [7, 11) is 1.65. The van der Waals surface area contributed by atoms with Crippen molar-refractivity contribution < 1.29 is 14.3 Å². The zero-order valence-corrected chi connectivity index (χ0v) is 16.5. The number of benzene rings is 2. The molecule has 0 spiro atoms. The van der Waals surface area contributed by atoms with Crippen LogP contribution in [0.15, 0.2) is 48.5 Å². The molecule has 0 aromatic heterocycles. The monoisotopic (exact) mass is 381 g/mol. The van der Waals surface area contributed by atoms with E-state index in [-0.39, 0.29) is 18.4 Å². The second-order valence-electron chi connectivity index (χ2n) is 7.01. The van der Waals surface area contributed by atoms with Gasteiger partial charge in [-0.2, -0.15) is 0 Å². The standard InChI is InChI=1S/C22H27N3O3/c1-17-4-3-5-18(14-17)15-21(26)23-16-22(27)25-12-10-24(11-13-25)19-6-8-20(28-2)9-7-19/h3-9,14H,10-13,15-16H2,1-2H3,(H,23,26). The number of nitrogens with zero attached hydrogens (tertiary/aromatic N) is 2. The van der Waals surface area contributed by atoms with Crippen LogP contribution in [0.3, 0.4) is 0 Å². The number of hydrogen-bond donors (Lipinski definition) is 1. The first-order valence-electron chi connectivity index (χ1n) is 9.54. The van der Waals surface area contributed by atoms with E-state index >= 15 is 0 Å². The molecule has 6 nitrogen and oxygen atoms in total. The predicted octanol–water partition coefficient (Wildman–Crippen LogP) is 2.01. The third-order valence-corrected chi connectivity index (χ3v) is 4.95. The molecular formula is C22H27N3O3. The summed E-state index contributed by atoms with van der Waals surface area (Å²) < 4.78 is 5.19. The Kier molecular flexibility index (Phi) is 6.53. The van der Waals surface area contributed by atoms with Gasteiger partial charge in [-0.1, -0.05) is 29.8 Å². The van der Waals surface area contributed by atoms with Gasteiger partial charge in [0.25, 0.3) is 0 Å². The normalized spacial score (nSPS) is 13.9. The fraction of sp³-hybridized carbons (Fsp3) is 0.364. The van der Waals surface area contributed by atoms with Gasteiger partial charge in [0.15, 0.2) is 0 Å². The van der Waals surface area contributed by atoms with E-state index in [2.05, 4.69) is 10.2 Å². The molecule has 1 N–H and O–H groups in total. The van der Waals surface area contributed by atoms with Crippen LogP contribution in [0.1, 0.15) is 11.1 Å². The van der Waals surface area contributed by atoms with Crippen molar-refractivity contribution in [3.8, 4) is 5.75 Å². The average Bonchev–Trinajstić information content (AvgIpc) is 2.72. The maximum Gasteiger partial charge on any atom is 0.242 e. The van der Waals surface area contributed by atoms with Crippen LogP contribution in [0.4, 0.5) is 5.69 Å². The lowest BCUT2D eigenvalue weighted by Gasteiger charge is -2.36. The number of hydrogen-bond acceptors (Lipinski definition) is 4. The van der Waals surface area contributed by atoms with Crippen molar-refractivity contribution in [3.05, 3.63) is 59.7 Å². The summed E-state index contributed by atoms with van der Waals surface area (Å²) in [5.74, 6) is 0.668. The summed E-state index contributed by atoms with van der Waals surface area (Å²) in [6.45, 7) is 4.89. The third-order valence-electron chi connectivity index (χ3n) is 4.95. The van der Waals surface area contributed by atoms with Crippen molar-refractivity contribution in [2.24, 2.45) is 0 Å². The molecule has 1 saturated heterocycles. The van der Waals surface area contributed by atoms with Gasteiger partial charge in [-0.25, -0.2) is 0 Å². The molecule has 0 atom stereocenters. The highest BCUT2D eigenvalue weighted by Gasteiger charge is 2.21. The van der Waals surface area contributed by atoms with Crippen LogP contribution < -0.4 is 15.0 Å². The number of methoxy groups -OCH3 is 1. The lowest BCUT2D eigenvalue weighted by Crippen LogP contribution is -2.51. The van der Waals surface area contributed by atoms with E-state index in [0.717, 1.165) is 35.7 Å². The Morgan fingerprint density at radius 2 is 1.75 bits per heavy atom. The Hall–Kier alpha value is -3.02. The first kappa shape index (κ1) is 19.7. The number of anilines is 1. The Morgan fingerprint density at radius 3 is 2.39 bits per heavy atom. The summed E-state index contributed by atoms with van der Waals surface area (Å²) in [5, 5.41) is 2.75. The first-order valence-corrected chi connectivity index (χ1v) is 9.54. The molecule has 1 aliphatic heterocycles. The number of carbonyl (C=O) groups is 2. The lowest BCUT2D eigenvalue weighted by atomic mass is 10.1. The van der Waals surface area contributed by atoms with Gasteiger partial charge in [0.2, 0.25) is 11.8 Å². The molecule has 148 valence electrons. The van der Waals surface area contributed by atoms with E-state index in [9.17, 15) is 9.59 Å². The SMILES string of the molecule is COc1ccc(N2CCN(C(=O)CNC(=O)Cc3cccc(C)c3)CC2)cc1. The highest BCUT2D eigenvalue weighted by Crippen LogP contribution is 2.20. The molecule has 0 aliphatic carbocycles. The van der Waals surface area contributed by atoms with E-state index in [1.165, 1.54) is 0 Å². The minimum absolute atomic E-state index is 0.0352. The Labute approximate surface area is 166 Å². The van der Waals surface area contributed by atoms with Crippen LogP contribution in [0.5, 0.6) is 5.75 Å². The van der Waals surface area contributed by atoms with Crippen molar-refractivity contribution >= 4 is 17.5 Å². The molecule has 2 aromatic rings. The number of amides is 2. The molecule has 0 saturated carbocycles. The molecule has 0 radical (unpaired) electrons. The second kappa shape index (κ2) is 9.26. The zero-order chi connectivity index (χ0) is 19.9. The molecule has 1 aliphatic rings. The number of piperazine rings is 1. The highest BCUT2D eigenvalue weighted by atomic mass is 16.5. The summed E-state index contributed by atoms with van der Waals surface area (Å²) >= 11 is 0. The molecule has 1 fully saturated rings. The number of rotatable bonds is 6. The van der Waals surface area contributed by atoms with Gasteiger partial charge >= 0.3 is 0 Å². The van der Waals surface area contributed by atoms with Crippen LogP contribution in [0, 0.1) is 6.92 Å². The largest absolute Gasteiger partial charge is 0.497 e. The minimum Gasteiger partial charge on any atom is -0.497 e. The Bertz CT molecular complexity index is 812. The van der Waals surface area contributed by atoms with Crippen LogP contribution in [0.25, 0.3) is 0 Å². The van der Waals surface area contributed by atoms with Gasteiger partial charge in [0.1, 0.15) is 5.75 Å². The predicted molar refractivity (Wildman–Crippen MR) is 110 cm³/mol. The average molecular weight is 381 g/mol. The Balaban J connectivity index is 1.42. The molecule has 28 heavy (non-hydrogen) atoms. The summed E-state index contributed by atoms with van der Waals surface area (Å²) in [6.07, 6.45) is 0.292. The van der Waals surface area contributed by atoms with Crippen LogP contribution in [0.2, 0.25) is 0 Å². The van der Waals surface area contributed by atoms with Crippen molar-refractivity contribution in [2.75, 3.05) is 44.7 Å². The molecule has 1 heterocycles. The van der Waals surface area contributed by atoms with Gasteiger partial charge in [0, 0.05) is 31.9 Å². The fourth-order valence-corrected chi connectivity index (χ4v) is 3.36. The van der Waals surface area contributed by atoms with E-state index < -0.39 is 0 Å². The fourth-order valence-electron chi connectivity index (χ4n) is 3.36. The molecule has 0 unspecified atom stereocenters. The van der Waals surface area contributed by atoms with E-state index in [1.807, 2.05) is 60.4 Å². The minimum atomic E-state index is -0.129. The molecule has 2 amide bonds. The van der Waals surface area contributed by atoms with Gasteiger partial charge in [-0.15, -0.1) is 0 Å². The maximum absolute atomic E-state index is 12.4. The summed E-state index contributed by atoms with van der Waals surface area (Å²) in [4.78, 5) is 28.6.